The van der Waals surface area contributed by atoms with E-state index in [0.29, 0.717) is 6.54 Å². The number of piperidine rings is 1. The third kappa shape index (κ3) is 3.23. The van der Waals surface area contributed by atoms with Gasteiger partial charge in [-0.2, -0.15) is 0 Å². The van der Waals surface area contributed by atoms with Crippen LogP contribution in [-0.2, 0) is 25.5 Å². The second kappa shape index (κ2) is 6.32. The summed E-state index contributed by atoms with van der Waals surface area (Å²) in [6.45, 7) is 0.495. The highest BCUT2D eigenvalue weighted by molar-refractivity contribution is 6.00. The summed E-state index contributed by atoms with van der Waals surface area (Å²) < 4.78 is 4.61. The summed E-state index contributed by atoms with van der Waals surface area (Å²) in [7, 11) is 1.25. The van der Waals surface area contributed by atoms with Crippen LogP contribution >= 0.6 is 0 Å². The van der Waals surface area contributed by atoms with Crippen LogP contribution in [-0.4, -0.2) is 42.8 Å². The fraction of sp³-hybridized carbons (Fsp3) is 0.400. The standard InChI is InChI=1S/C15H17NO4/c1-20-15(19)12-10-16(8-7-13(12)17)14(18)9-11-5-3-2-4-6-11/h2-6,12H,7-10H2,1H3. The van der Waals surface area contributed by atoms with Crippen molar-refractivity contribution in [2.75, 3.05) is 20.2 Å². The van der Waals surface area contributed by atoms with E-state index in [-0.39, 0.29) is 31.1 Å². The molecule has 2 rings (SSSR count). The Morgan fingerprint density at radius 1 is 1.30 bits per heavy atom. The van der Waals surface area contributed by atoms with Crippen molar-refractivity contribution < 1.29 is 19.1 Å². The first-order valence-electron chi connectivity index (χ1n) is 6.54. The number of carbonyl (C=O) groups is 3. The highest BCUT2D eigenvalue weighted by Crippen LogP contribution is 2.16. The third-order valence-corrected chi connectivity index (χ3v) is 3.46. The van der Waals surface area contributed by atoms with E-state index in [9.17, 15) is 14.4 Å². The maximum Gasteiger partial charge on any atom is 0.318 e. The van der Waals surface area contributed by atoms with Gasteiger partial charge < -0.3 is 9.64 Å². The third-order valence-electron chi connectivity index (χ3n) is 3.46. The Morgan fingerprint density at radius 3 is 2.65 bits per heavy atom. The van der Waals surface area contributed by atoms with Gasteiger partial charge in [-0.05, 0) is 5.56 Å². The number of benzene rings is 1. The number of hydrogen-bond donors (Lipinski definition) is 0. The van der Waals surface area contributed by atoms with Crippen LogP contribution in [0.15, 0.2) is 30.3 Å². The molecule has 5 heteroatoms. The molecule has 1 aromatic rings. The predicted molar refractivity (Wildman–Crippen MR) is 71.9 cm³/mol. The first kappa shape index (κ1) is 14.2. The number of nitrogens with zero attached hydrogens (tertiary/aromatic N) is 1. The Labute approximate surface area is 117 Å². The average Bonchev–Trinajstić information content (AvgIpc) is 2.48. The SMILES string of the molecule is COC(=O)C1CN(C(=O)Cc2ccccc2)CCC1=O. The van der Waals surface area contributed by atoms with E-state index in [2.05, 4.69) is 4.74 Å². The lowest BCUT2D eigenvalue weighted by molar-refractivity contribution is -0.153. The van der Waals surface area contributed by atoms with Crippen molar-refractivity contribution >= 4 is 17.7 Å². The lowest BCUT2D eigenvalue weighted by Gasteiger charge is -2.30. The van der Waals surface area contributed by atoms with Crippen LogP contribution in [0.1, 0.15) is 12.0 Å². The zero-order valence-corrected chi connectivity index (χ0v) is 11.4. The van der Waals surface area contributed by atoms with Crippen LogP contribution in [0, 0.1) is 5.92 Å². The number of likely N-dealkylation sites (tertiary alicyclic amines) is 1. The lowest BCUT2D eigenvalue weighted by Crippen LogP contribution is -2.47. The molecule has 0 aromatic heterocycles. The van der Waals surface area contributed by atoms with E-state index in [1.165, 1.54) is 7.11 Å². The molecule has 0 saturated carbocycles. The molecule has 1 aliphatic heterocycles. The number of carbonyl (C=O) groups excluding carboxylic acids is 3. The molecule has 0 spiro atoms. The Morgan fingerprint density at radius 2 is 2.00 bits per heavy atom. The van der Waals surface area contributed by atoms with Crippen molar-refractivity contribution in [3.63, 3.8) is 0 Å². The number of methoxy groups -OCH3 is 1. The number of ether oxygens (including phenoxy) is 1. The molecule has 0 aliphatic carbocycles. The van der Waals surface area contributed by atoms with Crippen LogP contribution in [0.25, 0.3) is 0 Å². The van der Waals surface area contributed by atoms with Gasteiger partial charge in [0.05, 0.1) is 13.5 Å². The molecule has 1 fully saturated rings. The molecule has 1 aliphatic rings. The summed E-state index contributed by atoms with van der Waals surface area (Å²) in [4.78, 5) is 37.0. The van der Waals surface area contributed by atoms with Gasteiger partial charge in [-0.1, -0.05) is 30.3 Å². The van der Waals surface area contributed by atoms with Gasteiger partial charge >= 0.3 is 5.97 Å². The molecule has 1 amide bonds. The molecule has 1 aromatic carbocycles. The van der Waals surface area contributed by atoms with Gasteiger partial charge in [0.1, 0.15) is 5.92 Å². The van der Waals surface area contributed by atoms with Gasteiger partial charge in [-0.25, -0.2) is 0 Å². The number of Topliss-reactive ketones (excluding diaryl/α,β-unsaturated/α-hetero) is 1. The summed E-state index contributed by atoms with van der Waals surface area (Å²) in [6.07, 6.45) is 0.489. The molecule has 20 heavy (non-hydrogen) atoms. The Hall–Kier alpha value is -2.17. The fourth-order valence-corrected chi connectivity index (χ4v) is 2.29. The zero-order valence-electron chi connectivity index (χ0n) is 11.4. The average molecular weight is 275 g/mol. The van der Waals surface area contributed by atoms with E-state index >= 15 is 0 Å². The smallest absolute Gasteiger partial charge is 0.318 e. The van der Waals surface area contributed by atoms with Gasteiger partial charge in [-0.3, -0.25) is 14.4 Å². The highest BCUT2D eigenvalue weighted by atomic mass is 16.5. The molecule has 1 atom stereocenters. The van der Waals surface area contributed by atoms with Crippen molar-refractivity contribution in [2.45, 2.75) is 12.8 Å². The maximum atomic E-state index is 12.2. The predicted octanol–water partition coefficient (Wildman–Crippen LogP) is 0.820. The summed E-state index contributed by atoms with van der Waals surface area (Å²) in [6, 6.07) is 9.40. The second-order valence-corrected chi connectivity index (χ2v) is 4.79. The van der Waals surface area contributed by atoms with Gasteiger partial charge in [-0.15, -0.1) is 0 Å². The molecule has 0 radical (unpaired) electrons. The van der Waals surface area contributed by atoms with Gasteiger partial charge in [0.2, 0.25) is 5.91 Å². The van der Waals surface area contributed by atoms with Crippen LogP contribution < -0.4 is 0 Å². The topological polar surface area (TPSA) is 63.7 Å². The quantitative estimate of drug-likeness (QED) is 0.605. The van der Waals surface area contributed by atoms with E-state index in [4.69, 9.17) is 0 Å². The van der Waals surface area contributed by atoms with E-state index in [1.54, 1.807) is 4.90 Å². The van der Waals surface area contributed by atoms with Crippen LogP contribution in [0.2, 0.25) is 0 Å². The van der Waals surface area contributed by atoms with Gasteiger partial charge in [0.25, 0.3) is 0 Å². The summed E-state index contributed by atoms with van der Waals surface area (Å²) in [5.74, 6) is -1.63. The van der Waals surface area contributed by atoms with Crippen LogP contribution in [0.3, 0.4) is 0 Å². The molecular formula is C15H17NO4. The van der Waals surface area contributed by atoms with Gasteiger partial charge in [0.15, 0.2) is 5.78 Å². The lowest BCUT2D eigenvalue weighted by atomic mass is 9.96. The van der Waals surface area contributed by atoms with Crippen molar-refractivity contribution in [3.8, 4) is 0 Å². The number of amides is 1. The Balaban J connectivity index is 2.00. The number of hydrogen-bond acceptors (Lipinski definition) is 4. The summed E-state index contributed by atoms with van der Waals surface area (Å²) >= 11 is 0. The first-order valence-corrected chi connectivity index (χ1v) is 6.54. The molecule has 5 nitrogen and oxygen atoms in total. The minimum absolute atomic E-state index is 0.0717. The van der Waals surface area contributed by atoms with E-state index < -0.39 is 11.9 Å². The van der Waals surface area contributed by atoms with Crippen molar-refractivity contribution in [3.05, 3.63) is 35.9 Å². The minimum Gasteiger partial charge on any atom is -0.468 e. The number of esters is 1. The zero-order chi connectivity index (χ0) is 14.5. The van der Waals surface area contributed by atoms with Crippen molar-refractivity contribution in [2.24, 2.45) is 5.92 Å². The maximum absolute atomic E-state index is 12.2. The minimum atomic E-state index is -0.839. The van der Waals surface area contributed by atoms with Crippen LogP contribution in [0.4, 0.5) is 0 Å². The van der Waals surface area contributed by atoms with Crippen molar-refractivity contribution in [1.82, 2.24) is 4.90 Å². The molecule has 1 unspecified atom stereocenters. The fourth-order valence-electron chi connectivity index (χ4n) is 2.29. The molecule has 106 valence electrons. The molecule has 0 N–H and O–H groups in total. The molecule has 0 bridgehead atoms. The van der Waals surface area contributed by atoms with E-state index in [1.807, 2.05) is 30.3 Å². The Kier molecular flexibility index (Phi) is 4.50. The monoisotopic (exact) mass is 275 g/mol. The second-order valence-electron chi connectivity index (χ2n) is 4.79. The number of ketones is 1. The number of rotatable bonds is 3. The highest BCUT2D eigenvalue weighted by Gasteiger charge is 2.35. The van der Waals surface area contributed by atoms with E-state index in [0.717, 1.165) is 5.56 Å². The largest absolute Gasteiger partial charge is 0.468 e. The van der Waals surface area contributed by atoms with Crippen LogP contribution in [0.5, 0.6) is 0 Å². The van der Waals surface area contributed by atoms with Crippen molar-refractivity contribution in [1.29, 1.82) is 0 Å². The molecular weight excluding hydrogens is 258 g/mol. The molecule has 1 saturated heterocycles. The summed E-state index contributed by atoms with van der Waals surface area (Å²) in [5, 5.41) is 0. The van der Waals surface area contributed by atoms with Gasteiger partial charge in [0, 0.05) is 19.5 Å². The molecule has 1 heterocycles. The first-order chi connectivity index (χ1) is 9.61. The Bertz CT molecular complexity index is 504. The normalized spacial score (nSPS) is 18.8. The summed E-state index contributed by atoms with van der Waals surface area (Å²) in [5.41, 5.74) is 0.920.